The standard InChI is InChI=1S/C17H23N3O.BrH/c1-11-8-13-14(9-12(11)2)20(10-15(21)17(3,4)5)16-18-6-7-19(13)16;/h8-9H,6-7,10H2,1-5H3;1H. The lowest BCUT2D eigenvalue weighted by Gasteiger charge is -2.24. The molecule has 0 aromatic heterocycles. The summed E-state index contributed by atoms with van der Waals surface area (Å²) in [6.45, 7) is 12.3. The first-order chi connectivity index (χ1) is 9.79. The largest absolute Gasteiger partial charge is 0.308 e. The van der Waals surface area contributed by atoms with Crippen molar-refractivity contribution in [2.75, 3.05) is 29.4 Å². The monoisotopic (exact) mass is 365 g/mol. The number of hydrogen-bond acceptors (Lipinski definition) is 4. The van der Waals surface area contributed by atoms with E-state index in [1.54, 1.807) is 0 Å². The number of carbonyl (C=O) groups is 1. The summed E-state index contributed by atoms with van der Waals surface area (Å²) in [7, 11) is 0. The summed E-state index contributed by atoms with van der Waals surface area (Å²) in [5.74, 6) is 1.18. The summed E-state index contributed by atoms with van der Waals surface area (Å²) in [5.41, 5.74) is 4.52. The molecule has 0 spiro atoms. The van der Waals surface area contributed by atoms with Gasteiger partial charge in [-0.3, -0.25) is 9.79 Å². The minimum absolute atomic E-state index is 0. The highest BCUT2D eigenvalue weighted by Crippen LogP contribution is 2.40. The molecule has 2 heterocycles. The lowest BCUT2D eigenvalue weighted by atomic mass is 9.90. The van der Waals surface area contributed by atoms with Gasteiger partial charge in [0.15, 0.2) is 5.78 Å². The van der Waals surface area contributed by atoms with Gasteiger partial charge in [0.1, 0.15) is 0 Å². The SMILES string of the molecule is Br.Cc1cc2c(cc1C)N(CC(=O)C(C)(C)C)C1=NCCN12. The molecule has 0 amide bonds. The number of guanidine groups is 1. The summed E-state index contributed by atoms with van der Waals surface area (Å²) in [5, 5.41) is 0. The van der Waals surface area contributed by atoms with Crippen LogP contribution in [0.2, 0.25) is 0 Å². The van der Waals surface area contributed by atoms with Crippen molar-refractivity contribution in [1.82, 2.24) is 0 Å². The third kappa shape index (κ3) is 2.67. The maximum Gasteiger partial charge on any atom is 0.206 e. The molecule has 1 aromatic carbocycles. The summed E-state index contributed by atoms with van der Waals surface area (Å²) in [4.78, 5) is 21.4. The molecule has 0 unspecified atom stereocenters. The van der Waals surface area contributed by atoms with E-state index in [4.69, 9.17) is 0 Å². The predicted molar refractivity (Wildman–Crippen MR) is 97.7 cm³/mol. The zero-order valence-electron chi connectivity index (χ0n) is 13.9. The van der Waals surface area contributed by atoms with Crippen molar-refractivity contribution >= 4 is 40.1 Å². The smallest absolute Gasteiger partial charge is 0.206 e. The molecule has 0 radical (unpaired) electrons. The number of halogens is 1. The first-order valence-electron chi connectivity index (χ1n) is 7.53. The average Bonchev–Trinajstić information content (AvgIpc) is 2.94. The van der Waals surface area contributed by atoms with E-state index >= 15 is 0 Å². The van der Waals surface area contributed by atoms with Gasteiger partial charge in [0, 0.05) is 12.0 Å². The molecular formula is C17H24BrN3O. The number of carbonyl (C=O) groups excluding carboxylic acids is 1. The van der Waals surface area contributed by atoms with E-state index in [9.17, 15) is 4.79 Å². The highest BCUT2D eigenvalue weighted by atomic mass is 79.9. The first-order valence-corrected chi connectivity index (χ1v) is 7.53. The molecular weight excluding hydrogens is 342 g/mol. The molecule has 3 rings (SSSR count). The maximum absolute atomic E-state index is 12.5. The van der Waals surface area contributed by atoms with Crippen LogP contribution in [0.15, 0.2) is 17.1 Å². The van der Waals surface area contributed by atoms with E-state index in [1.807, 2.05) is 20.8 Å². The average molecular weight is 366 g/mol. The van der Waals surface area contributed by atoms with Crippen molar-refractivity contribution in [3.63, 3.8) is 0 Å². The number of anilines is 2. The van der Waals surface area contributed by atoms with Gasteiger partial charge in [-0.15, -0.1) is 17.0 Å². The molecule has 0 saturated carbocycles. The van der Waals surface area contributed by atoms with Gasteiger partial charge in [-0.05, 0) is 37.1 Å². The van der Waals surface area contributed by atoms with E-state index in [0.29, 0.717) is 6.54 Å². The number of aliphatic imine (C=N–C) groups is 1. The maximum atomic E-state index is 12.5. The van der Waals surface area contributed by atoms with E-state index < -0.39 is 0 Å². The van der Waals surface area contributed by atoms with Gasteiger partial charge in [-0.2, -0.15) is 0 Å². The molecule has 2 aliphatic heterocycles. The van der Waals surface area contributed by atoms with Gasteiger partial charge in [-0.1, -0.05) is 20.8 Å². The Hall–Kier alpha value is -1.36. The lowest BCUT2D eigenvalue weighted by Crippen LogP contribution is -2.41. The Labute approximate surface area is 143 Å². The van der Waals surface area contributed by atoms with Crippen LogP contribution in [0.3, 0.4) is 0 Å². The quantitative estimate of drug-likeness (QED) is 0.804. The Morgan fingerprint density at radius 3 is 2.36 bits per heavy atom. The molecule has 2 aliphatic rings. The fourth-order valence-electron chi connectivity index (χ4n) is 2.76. The number of fused-ring (bicyclic) bond motifs is 3. The Morgan fingerprint density at radius 2 is 1.77 bits per heavy atom. The summed E-state index contributed by atoms with van der Waals surface area (Å²) < 4.78 is 0. The van der Waals surface area contributed by atoms with Gasteiger partial charge in [-0.25, -0.2) is 0 Å². The third-order valence-electron chi connectivity index (χ3n) is 4.37. The fraction of sp³-hybridized carbons (Fsp3) is 0.529. The Kier molecular flexibility index (Phi) is 4.39. The molecule has 22 heavy (non-hydrogen) atoms. The number of Topliss-reactive ketones (excluding diaryl/α,β-unsaturated/α-hetero) is 1. The van der Waals surface area contributed by atoms with Crippen LogP contribution in [0.5, 0.6) is 0 Å². The van der Waals surface area contributed by atoms with Crippen LogP contribution in [0.25, 0.3) is 0 Å². The van der Waals surface area contributed by atoms with Crippen molar-refractivity contribution < 1.29 is 4.79 Å². The molecule has 1 aromatic rings. The summed E-state index contributed by atoms with van der Waals surface area (Å²) in [6, 6.07) is 4.40. The van der Waals surface area contributed by atoms with Crippen LogP contribution in [0.4, 0.5) is 11.4 Å². The Bertz CT molecular complexity index is 646. The van der Waals surface area contributed by atoms with Crippen LogP contribution >= 0.6 is 17.0 Å². The molecule has 0 atom stereocenters. The van der Waals surface area contributed by atoms with Crippen molar-refractivity contribution in [3.8, 4) is 0 Å². The van der Waals surface area contributed by atoms with Crippen LogP contribution < -0.4 is 9.80 Å². The van der Waals surface area contributed by atoms with E-state index in [-0.39, 0.29) is 28.2 Å². The van der Waals surface area contributed by atoms with Gasteiger partial charge in [0.2, 0.25) is 5.96 Å². The zero-order chi connectivity index (χ0) is 15.4. The molecule has 5 heteroatoms. The van der Waals surface area contributed by atoms with Gasteiger partial charge in [0.05, 0.1) is 24.5 Å². The zero-order valence-corrected chi connectivity index (χ0v) is 15.6. The highest BCUT2D eigenvalue weighted by molar-refractivity contribution is 8.93. The number of hydrogen-bond donors (Lipinski definition) is 0. The number of aryl methyl sites for hydroxylation is 2. The summed E-state index contributed by atoms with van der Waals surface area (Å²) in [6.07, 6.45) is 0. The first kappa shape index (κ1) is 17.0. The normalized spacial score (nSPS) is 16.1. The topological polar surface area (TPSA) is 35.9 Å². The van der Waals surface area contributed by atoms with Gasteiger partial charge >= 0.3 is 0 Å². The molecule has 0 saturated heterocycles. The minimum atomic E-state index is -0.327. The van der Waals surface area contributed by atoms with Crippen LogP contribution in [0, 0.1) is 19.3 Å². The van der Waals surface area contributed by atoms with Crippen molar-refractivity contribution in [2.45, 2.75) is 34.6 Å². The second-order valence-corrected chi connectivity index (χ2v) is 7.02. The molecule has 0 aliphatic carbocycles. The van der Waals surface area contributed by atoms with Gasteiger partial charge in [0.25, 0.3) is 0 Å². The van der Waals surface area contributed by atoms with E-state index in [0.717, 1.165) is 24.7 Å². The summed E-state index contributed by atoms with van der Waals surface area (Å²) >= 11 is 0. The Balaban J connectivity index is 0.00000176. The predicted octanol–water partition coefficient (Wildman–Crippen LogP) is 3.49. The molecule has 0 N–H and O–H groups in total. The number of benzene rings is 1. The van der Waals surface area contributed by atoms with Crippen molar-refractivity contribution in [3.05, 3.63) is 23.3 Å². The number of rotatable bonds is 2. The van der Waals surface area contributed by atoms with Crippen molar-refractivity contribution in [2.24, 2.45) is 10.4 Å². The van der Waals surface area contributed by atoms with Crippen molar-refractivity contribution in [1.29, 1.82) is 0 Å². The lowest BCUT2D eigenvalue weighted by molar-refractivity contribution is -0.124. The minimum Gasteiger partial charge on any atom is -0.308 e. The van der Waals surface area contributed by atoms with E-state index in [2.05, 4.69) is 40.8 Å². The highest BCUT2D eigenvalue weighted by Gasteiger charge is 2.38. The molecule has 4 nitrogen and oxygen atoms in total. The second kappa shape index (κ2) is 5.69. The van der Waals surface area contributed by atoms with E-state index in [1.165, 1.54) is 16.8 Å². The fourth-order valence-corrected chi connectivity index (χ4v) is 2.76. The second-order valence-electron chi connectivity index (χ2n) is 7.02. The third-order valence-corrected chi connectivity index (χ3v) is 4.37. The number of ketones is 1. The molecule has 0 bridgehead atoms. The number of nitrogens with zero attached hydrogens (tertiary/aromatic N) is 3. The molecule has 120 valence electrons. The Morgan fingerprint density at radius 1 is 1.18 bits per heavy atom. The van der Waals surface area contributed by atoms with Crippen LogP contribution in [-0.4, -0.2) is 31.4 Å². The van der Waals surface area contributed by atoms with Crippen LogP contribution in [0.1, 0.15) is 31.9 Å². The van der Waals surface area contributed by atoms with Crippen LogP contribution in [-0.2, 0) is 4.79 Å². The molecule has 0 fully saturated rings. The van der Waals surface area contributed by atoms with Gasteiger partial charge < -0.3 is 9.80 Å².